The fourth-order valence-electron chi connectivity index (χ4n) is 6.56. The van der Waals surface area contributed by atoms with Crippen LogP contribution < -0.4 is 0 Å². The molecule has 8 unspecified atom stereocenters. The summed E-state index contributed by atoms with van der Waals surface area (Å²) in [6.45, 7) is 10.7. The Labute approximate surface area is 238 Å². The van der Waals surface area contributed by atoms with Gasteiger partial charge in [-0.05, 0) is 73.4 Å². The normalized spacial score (nSPS) is 32.3. The number of rotatable bonds is 13. The van der Waals surface area contributed by atoms with Gasteiger partial charge < -0.3 is 9.47 Å². The van der Waals surface area contributed by atoms with E-state index in [1.54, 1.807) is 6.92 Å². The van der Waals surface area contributed by atoms with E-state index in [2.05, 4.69) is 37.3 Å². The van der Waals surface area contributed by atoms with Crippen LogP contribution in [-0.2, 0) is 28.7 Å². The summed E-state index contributed by atoms with van der Waals surface area (Å²) in [5, 5.41) is 2.81. The molecular weight excluding hydrogens is 510 g/mol. The quantitative estimate of drug-likeness (QED) is 0.156. The van der Waals surface area contributed by atoms with E-state index in [0.29, 0.717) is 24.7 Å². The molecule has 8 nitrogen and oxygen atoms in total. The van der Waals surface area contributed by atoms with Crippen molar-refractivity contribution in [2.24, 2.45) is 40.7 Å². The van der Waals surface area contributed by atoms with Gasteiger partial charge in [0.2, 0.25) is 5.54 Å². The molecule has 222 valence electrons. The number of carbonyl (C=O) groups is 4. The van der Waals surface area contributed by atoms with Crippen LogP contribution in [0.15, 0.2) is 29.0 Å². The molecule has 0 heterocycles. The van der Waals surface area contributed by atoms with Crippen LogP contribution in [-0.4, -0.2) is 47.7 Å². The van der Waals surface area contributed by atoms with Gasteiger partial charge in [-0.15, -0.1) is 4.91 Å². The summed E-state index contributed by atoms with van der Waals surface area (Å²) >= 11 is 0. The number of nitrogens with zero attached hydrogens (tertiary/aromatic N) is 1. The Morgan fingerprint density at radius 3 is 2.48 bits per heavy atom. The Kier molecular flexibility index (Phi) is 11.2. The lowest BCUT2D eigenvalue weighted by Crippen LogP contribution is -2.44. The van der Waals surface area contributed by atoms with Gasteiger partial charge in [-0.2, -0.15) is 0 Å². The lowest BCUT2D eigenvalue weighted by Gasteiger charge is -2.43. The van der Waals surface area contributed by atoms with E-state index in [0.717, 1.165) is 25.7 Å². The first kappa shape index (κ1) is 32.0. The summed E-state index contributed by atoms with van der Waals surface area (Å²) in [5.41, 5.74) is -0.702. The first-order chi connectivity index (χ1) is 18.9. The van der Waals surface area contributed by atoms with Gasteiger partial charge in [0.05, 0.1) is 12.0 Å². The Morgan fingerprint density at radius 1 is 1.10 bits per heavy atom. The molecule has 0 N–H and O–H groups in total. The number of hydrogen-bond acceptors (Lipinski definition) is 8. The summed E-state index contributed by atoms with van der Waals surface area (Å²) < 4.78 is 11.9. The number of ketones is 3. The Balaban J connectivity index is 1.65. The molecule has 1 fully saturated rings. The van der Waals surface area contributed by atoms with Crippen molar-refractivity contribution < 1.29 is 28.7 Å². The van der Waals surface area contributed by atoms with Crippen molar-refractivity contribution in [1.82, 2.24) is 0 Å². The fourth-order valence-corrected chi connectivity index (χ4v) is 6.56. The minimum atomic E-state index is -1.95. The van der Waals surface area contributed by atoms with Crippen LogP contribution in [0.3, 0.4) is 0 Å². The molecule has 0 aromatic rings. The van der Waals surface area contributed by atoms with E-state index in [4.69, 9.17) is 9.47 Å². The van der Waals surface area contributed by atoms with Crippen LogP contribution in [0.2, 0.25) is 0 Å². The third-order valence-electron chi connectivity index (χ3n) is 9.39. The van der Waals surface area contributed by atoms with Crippen molar-refractivity contribution in [2.75, 3.05) is 6.61 Å². The smallest absolute Gasteiger partial charge is 0.308 e. The molecule has 0 radical (unpaired) electrons. The third kappa shape index (κ3) is 7.42. The maximum absolute atomic E-state index is 12.8. The van der Waals surface area contributed by atoms with Gasteiger partial charge in [-0.1, -0.05) is 52.8 Å². The number of nitroso groups, excluding NO2 is 1. The van der Waals surface area contributed by atoms with Crippen LogP contribution in [0.5, 0.6) is 0 Å². The van der Waals surface area contributed by atoms with Crippen LogP contribution in [0.4, 0.5) is 0 Å². The monoisotopic (exact) mass is 557 g/mol. The van der Waals surface area contributed by atoms with E-state index >= 15 is 0 Å². The molecule has 3 aliphatic carbocycles. The average Bonchev–Trinajstić information content (AvgIpc) is 2.93. The minimum absolute atomic E-state index is 0.0290. The predicted octanol–water partition coefficient (Wildman–Crippen LogP) is 5.96. The van der Waals surface area contributed by atoms with Gasteiger partial charge in [-0.3, -0.25) is 19.2 Å². The summed E-state index contributed by atoms with van der Waals surface area (Å²) in [4.78, 5) is 61.4. The molecule has 0 aromatic heterocycles. The summed E-state index contributed by atoms with van der Waals surface area (Å²) in [6, 6.07) is 0. The molecule has 0 amide bonds. The molecule has 8 heteroatoms. The molecule has 0 aliphatic heterocycles. The zero-order valence-corrected chi connectivity index (χ0v) is 25.0. The molecule has 40 heavy (non-hydrogen) atoms. The number of allylic oxidation sites excluding steroid dienone is 3. The topological polar surface area (TPSA) is 116 Å². The van der Waals surface area contributed by atoms with Gasteiger partial charge in [0.15, 0.2) is 11.6 Å². The van der Waals surface area contributed by atoms with E-state index in [1.165, 1.54) is 12.5 Å². The molecule has 0 saturated heterocycles. The second kappa shape index (κ2) is 13.9. The largest absolute Gasteiger partial charge is 0.461 e. The SMILES string of the molecule is CCC(=O)C(C)(N=O)C(=O)COC1CC(=O)CC(CC[C@H]2C(C)C=CC3=CC(C)CC(OC(=O)C(C)CC)C32)C1. The molecule has 9 atom stereocenters. The lowest BCUT2D eigenvalue weighted by atomic mass is 9.64. The number of carbonyl (C=O) groups excluding carboxylic acids is 4. The Bertz CT molecular complexity index is 1030. The molecule has 3 aliphatic rings. The van der Waals surface area contributed by atoms with Gasteiger partial charge in [-0.25, -0.2) is 0 Å². The summed E-state index contributed by atoms with van der Waals surface area (Å²) in [6.07, 6.45) is 10.8. The highest BCUT2D eigenvalue weighted by molar-refractivity contribution is 6.11. The van der Waals surface area contributed by atoms with Crippen molar-refractivity contribution in [3.05, 3.63) is 28.7 Å². The number of Topliss-reactive ketones (excluding diaryl/α,β-unsaturated/α-hetero) is 3. The standard InChI is InChI=1S/C32H47NO7/c1-7-20(4)31(37)40-27-14-19(3)13-23-11-9-21(5)26(30(23)27)12-10-22-15-24(34)17-25(16-22)39-18-29(36)32(6,33-38)28(35)8-2/h9,11,13,19-22,25-27,30H,7-8,10,12,14-18H2,1-6H3/t19?,20?,21?,22?,25?,26-,27?,30?,32?/m0/s1. The molecule has 0 spiro atoms. The Morgan fingerprint density at radius 2 is 1.82 bits per heavy atom. The van der Waals surface area contributed by atoms with Gasteiger partial charge >= 0.3 is 5.97 Å². The van der Waals surface area contributed by atoms with Crippen LogP contribution in [0.1, 0.15) is 92.9 Å². The fraction of sp³-hybridized carbons (Fsp3) is 0.750. The minimum Gasteiger partial charge on any atom is -0.461 e. The molecule has 0 bridgehead atoms. The highest BCUT2D eigenvalue weighted by Crippen LogP contribution is 2.46. The van der Waals surface area contributed by atoms with E-state index in [9.17, 15) is 24.1 Å². The zero-order chi connectivity index (χ0) is 29.6. The second-order valence-electron chi connectivity index (χ2n) is 12.5. The number of esters is 1. The zero-order valence-electron chi connectivity index (χ0n) is 25.0. The first-order valence-electron chi connectivity index (χ1n) is 15.1. The van der Waals surface area contributed by atoms with Gasteiger partial charge in [0.25, 0.3) is 0 Å². The second-order valence-corrected chi connectivity index (χ2v) is 12.5. The number of hydrogen-bond donors (Lipinski definition) is 0. The van der Waals surface area contributed by atoms with Crippen molar-refractivity contribution in [2.45, 2.75) is 111 Å². The van der Waals surface area contributed by atoms with Gasteiger partial charge in [0.1, 0.15) is 18.5 Å². The predicted molar refractivity (Wildman–Crippen MR) is 152 cm³/mol. The number of ether oxygens (including phenoxy) is 2. The van der Waals surface area contributed by atoms with Crippen LogP contribution in [0.25, 0.3) is 0 Å². The van der Waals surface area contributed by atoms with Crippen molar-refractivity contribution >= 4 is 23.3 Å². The maximum atomic E-state index is 12.8. The van der Waals surface area contributed by atoms with E-state index < -0.39 is 29.8 Å². The molecule has 0 aromatic carbocycles. The third-order valence-corrected chi connectivity index (χ3v) is 9.39. The highest BCUT2D eigenvalue weighted by atomic mass is 16.5. The van der Waals surface area contributed by atoms with E-state index in [1.807, 2.05) is 13.8 Å². The summed E-state index contributed by atoms with van der Waals surface area (Å²) in [7, 11) is 0. The molecular formula is C32H47NO7. The van der Waals surface area contributed by atoms with Crippen LogP contribution in [0, 0.1) is 40.4 Å². The van der Waals surface area contributed by atoms with Crippen LogP contribution >= 0.6 is 0 Å². The first-order valence-corrected chi connectivity index (χ1v) is 15.1. The van der Waals surface area contributed by atoms with E-state index in [-0.39, 0.29) is 54.4 Å². The van der Waals surface area contributed by atoms with Crippen molar-refractivity contribution in [3.63, 3.8) is 0 Å². The Hall–Kier alpha value is -2.48. The molecule has 1 saturated carbocycles. The van der Waals surface area contributed by atoms with Gasteiger partial charge in [0, 0.05) is 25.2 Å². The average molecular weight is 558 g/mol. The maximum Gasteiger partial charge on any atom is 0.308 e. The number of fused-ring (bicyclic) bond motifs is 1. The molecule has 3 rings (SSSR count). The highest BCUT2D eigenvalue weighted by Gasteiger charge is 2.43. The lowest BCUT2D eigenvalue weighted by molar-refractivity contribution is -0.158. The van der Waals surface area contributed by atoms with Crippen molar-refractivity contribution in [1.29, 1.82) is 0 Å². The van der Waals surface area contributed by atoms with Crippen molar-refractivity contribution in [3.8, 4) is 0 Å². The summed E-state index contributed by atoms with van der Waals surface area (Å²) in [5.74, 6) is -0.184.